The number of anilines is 1. The number of aromatic nitrogens is 2. The number of aryl methyl sites for hydroxylation is 1. The van der Waals surface area contributed by atoms with E-state index in [1.807, 2.05) is 6.07 Å². The standard InChI is InChI=1S/C13H16N4O2/c1-9-6-10(7-14)16-13(15-9)17(8-12(18)19)11-4-2-3-5-11/h6,11H,2-5,8H2,1H3,(H,18,19). The molecular formula is C13H16N4O2. The topological polar surface area (TPSA) is 90.1 Å². The molecule has 1 saturated carbocycles. The highest BCUT2D eigenvalue weighted by Crippen LogP contribution is 2.26. The van der Waals surface area contributed by atoms with Crippen molar-refractivity contribution in [3.05, 3.63) is 17.5 Å². The van der Waals surface area contributed by atoms with Gasteiger partial charge in [0.1, 0.15) is 18.3 Å². The van der Waals surface area contributed by atoms with Crippen LogP contribution in [0.15, 0.2) is 6.07 Å². The number of carboxylic acids is 1. The van der Waals surface area contributed by atoms with E-state index in [0.29, 0.717) is 11.6 Å². The Morgan fingerprint density at radius 2 is 2.21 bits per heavy atom. The van der Waals surface area contributed by atoms with Gasteiger partial charge in [0.05, 0.1) is 0 Å². The molecule has 0 spiro atoms. The van der Waals surface area contributed by atoms with Crippen molar-refractivity contribution < 1.29 is 9.90 Å². The summed E-state index contributed by atoms with van der Waals surface area (Å²) in [6.45, 7) is 1.65. The van der Waals surface area contributed by atoms with Crippen LogP contribution in [0.1, 0.15) is 37.1 Å². The minimum atomic E-state index is -0.907. The first-order valence-corrected chi connectivity index (χ1v) is 6.34. The second kappa shape index (κ2) is 5.65. The summed E-state index contributed by atoms with van der Waals surface area (Å²) in [6.07, 6.45) is 4.09. The summed E-state index contributed by atoms with van der Waals surface area (Å²) < 4.78 is 0. The van der Waals surface area contributed by atoms with Gasteiger partial charge in [-0.3, -0.25) is 4.79 Å². The van der Waals surface area contributed by atoms with E-state index in [1.54, 1.807) is 17.9 Å². The van der Waals surface area contributed by atoms with Crippen molar-refractivity contribution in [2.45, 2.75) is 38.6 Å². The predicted octanol–water partition coefficient (Wildman–Crippen LogP) is 1.49. The molecule has 1 aliphatic rings. The molecule has 1 aromatic rings. The summed E-state index contributed by atoms with van der Waals surface area (Å²) in [5.41, 5.74) is 0.950. The molecule has 0 bridgehead atoms. The third-order valence-corrected chi connectivity index (χ3v) is 3.28. The Labute approximate surface area is 111 Å². The van der Waals surface area contributed by atoms with E-state index in [-0.39, 0.29) is 18.3 Å². The van der Waals surface area contributed by atoms with Crippen LogP contribution in [-0.2, 0) is 4.79 Å². The van der Waals surface area contributed by atoms with Crippen LogP contribution in [0, 0.1) is 18.3 Å². The summed E-state index contributed by atoms with van der Waals surface area (Å²) in [4.78, 5) is 21.1. The highest BCUT2D eigenvalue weighted by Gasteiger charge is 2.26. The first kappa shape index (κ1) is 13.3. The van der Waals surface area contributed by atoms with Crippen molar-refractivity contribution in [1.29, 1.82) is 5.26 Å². The maximum atomic E-state index is 11.0. The molecular weight excluding hydrogens is 244 g/mol. The molecule has 0 saturated heterocycles. The molecule has 6 nitrogen and oxygen atoms in total. The largest absolute Gasteiger partial charge is 0.480 e. The molecule has 1 aliphatic carbocycles. The first-order chi connectivity index (χ1) is 9.10. The lowest BCUT2D eigenvalue weighted by molar-refractivity contribution is -0.135. The van der Waals surface area contributed by atoms with Gasteiger partial charge in [0.15, 0.2) is 0 Å². The molecule has 0 amide bonds. The Kier molecular flexibility index (Phi) is 3.95. The minimum absolute atomic E-state index is 0.126. The van der Waals surface area contributed by atoms with Crippen molar-refractivity contribution in [2.24, 2.45) is 0 Å². The van der Waals surface area contributed by atoms with Crippen LogP contribution in [0.2, 0.25) is 0 Å². The number of rotatable bonds is 4. The Morgan fingerprint density at radius 1 is 1.53 bits per heavy atom. The Balaban J connectivity index is 2.34. The van der Waals surface area contributed by atoms with Crippen LogP contribution < -0.4 is 4.90 Å². The van der Waals surface area contributed by atoms with Gasteiger partial charge in [0.25, 0.3) is 0 Å². The first-order valence-electron chi connectivity index (χ1n) is 6.34. The maximum Gasteiger partial charge on any atom is 0.323 e. The van der Waals surface area contributed by atoms with Crippen molar-refractivity contribution in [3.63, 3.8) is 0 Å². The van der Waals surface area contributed by atoms with E-state index in [1.165, 1.54) is 0 Å². The summed E-state index contributed by atoms with van der Waals surface area (Å²) in [6, 6.07) is 3.73. The molecule has 0 atom stereocenters. The molecule has 1 fully saturated rings. The van der Waals surface area contributed by atoms with Gasteiger partial charge in [-0.15, -0.1) is 0 Å². The van der Waals surface area contributed by atoms with E-state index in [2.05, 4.69) is 9.97 Å². The van der Waals surface area contributed by atoms with Gasteiger partial charge in [0.2, 0.25) is 5.95 Å². The third kappa shape index (κ3) is 3.19. The second-order valence-electron chi connectivity index (χ2n) is 4.77. The van der Waals surface area contributed by atoms with Gasteiger partial charge in [-0.05, 0) is 25.8 Å². The minimum Gasteiger partial charge on any atom is -0.480 e. The highest BCUT2D eigenvalue weighted by atomic mass is 16.4. The van der Waals surface area contributed by atoms with Crippen molar-refractivity contribution >= 4 is 11.9 Å². The molecule has 1 aromatic heterocycles. The van der Waals surface area contributed by atoms with Crippen LogP contribution in [0.25, 0.3) is 0 Å². The fourth-order valence-corrected chi connectivity index (χ4v) is 2.46. The number of nitrogens with zero attached hydrogens (tertiary/aromatic N) is 4. The van der Waals surface area contributed by atoms with E-state index < -0.39 is 5.97 Å². The average Bonchev–Trinajstić information content (AvgIpc) is 2.88. The van der Waals surface area contributed by atoms with E-state index in [9.17, 15) is 4.79 Å². The Bertz CT molecular complexity index is 518. The highest BCUT2D eigenvalue weighted by molar-refractivity contribution is 5.73. The van der Waals surface area contributed by atoms with Gasteiger partial charge in [0, 0.05) is 11.7 Å². The molecule has 1 heterocycles. The molecule has 19 heavy (non-hydrogen) atoms. The molecule has 100 valence electrons. The third-order valence-electron chi connectivity index (χ3n) is 3.28. The number of carboxylic acid groups (broad SMARTS) is 1. The molecule has 0 aromatic carbocycles. The number of hydrogen-bond acceptors (Lipinski definition) is 5. The number of carbonyl (C=O) groups is 1. The summed E-state index contributed by atoms with van der Waals surface area (Å²) in [5.74, 6) is -0.554. The molecule has 0 unspecified atom stereocenters. The SMILES string of the molecule is Cc1cc(C#N)nc(N(CC(=O)O)C2CCCC2)n1. The van der Waals surface area contributed by atoms with Gasteiger partial charge in [-0.1, -0.05) is 12.8 Å². The zero-order chi connectivity index (χ0) is 13.8. The lowest BCUT2D eigenvalue weighted by atomic mass is 10.2. The van der Waals surface area contributed by atoms with Crippen molar-refractivity contribution in [2.75, 3.05) is 11.4 Å². The Morgan fingerprint density at radius 3 is 2.79 bits per heavy atom. The zero-order valence-electron chi connectivity index (χ0n) is 10.8. The molecule has 0 aliphatic heterocycles. The van der Waals surface area contributed by atoms with E-state index >= 15 is 0 Å². The molecule has 2 rings (SSSR count). The molecule has 6 heteroatoms. The van der Waals surface area contributed by atoms with Crippen LogP contribution >= 0.6 is 0 Å². The van der Waals surface area contributed by atoms with Crippen molar-refractivity contribution in [3.8, 4) is 6.07 Å². The quantitative estimate of drug-likeness (QED) is 0.882. The zero-order valence-corrected chi connectivity index (χ0v) is 10.8. The summed E-state index contributed by atoms with van der Waals surface area (Å²) in [7, 11) is 0. The van der Waals surface area contributed by atoms with E-state index in [4.69, 9.17) is 10.4 Å². The van der Waals surface area contributed by atoms with Gasteiger partial charge >= 0.3 is 5.97 Å². The second-order valence-corrected chi connectivity index (χ2v) is 4.77. The van der Waals surface area contributed by atoms with Crippen LogP contribution in [-0.4, -0.2) is 33.6 Å². The van der Waals surface area contributed by atoms with Crippen LogP contribution in [0.5, 0.6) is 0 Å². The summed E-state index contributed by atoms with van der Waals surface area (Å²) >= 11 is 0. The number of aliphatic carboxylic acids is 1. The lowest BCUT2D eigenvalue weighted by Crippen LogP contribution is -2.39. The number of nitriles is 1. The molecule has 0 radical (unpaired) electrons. The van der Waals surface area contributed by atoms with E-state index in [0.717, 1.165) is 25.7 Å². The Hall–Kier alpha value is -2.16. The fourth-order valence-electron chi connectivity index (χ4n) is 2.46. The normalized spacial score (nSPS) is 15.2. The fraction of sp³-hybridized carbons (Fsp3) is 0.538. The van der Waals surface area contributed by atoms with Gasteiger partial charge in [-0.25, -0.2) is 9.97 Å². The molecule has 1 N–H and O–H groups in total. The van der Waals surface area contributed by atoms with Crippen molar-refractivity contribution in [1.82, 2.24) is 9.97 Å². The average molecular weight is 260 g/mol. The summed E-state index contributed by atoms with van der Waals surface area (Å²) in [5, 5.41) is 18.0. The van der Waals surface area contributed by atoms with Gasteiger partial charge < -0.3 is 10.0 Å². The van der Waals surface area contributed by atoms with Gasteiger partial charge in [-0.2, -0.15) is 5.26 Å². The van der Waals surface area contributed by atoms with Crippen LogP contribution in [0.3, 0.4) is 0 Å². The predicted molar refractivity (Wildman–Crippen MR) is 68.7 cm³/mol. The monoisotopic (exact) mass is 260 g/mol. The number of hydrogen-bond donors (Lipinski definition) is 1. The lowest BCUT2D eigenvalue weighted by Gasteiger charge is -2.27. The maximum absolute atomic E-state index is 11.0. The smallest absolute Gasteiger partial charge is 0.323 e. The van der Waals surface area contributed by atoms with Crippen LogP contribution in [0.4, 0.5) is 5.95 Å².